The van der Waals surface area contributed by atoms with Gasteiger partial charge in [-0.3, -0.25) is 9.59 Å². The molecule has 1 heterocycles. The number of hydrogen-bond donors (Lipinski definition) is 0. The summed E-state index contributed by atoms with van der Waals surface area (Å²) in [5, 5.41) is 1.60. The normalized spacial score (nSPS) is 10.0. The average Bonchev–Trinajstić information content (AvgIpc) is 2.87. The molecule has 0 unspecified atom stereocenters. The standard InChI is InChI=1S/C12H17N3O4S/c1-5-19-12(18)10-13-8(7-20-10)11(17)15(4)6-9(16)14(2)3/h7H,5-6H2,1-4H3. The van der Waals surface area contributed by atoms with E-state index in [1.165, 1.54) is 22.2 Å². The summed E-state index contributed by atoms with van der Waals surface area (Å²) in [6.07, 6.45) is 0. The van der Waals surface area contributed by atoms with Gasteiger partial charge in [0.05, 0.1) is 13.2 Å². The van der Waals surface area contributed by atoms with Crippen LogP contribution in [0.15, 0.2) is 5.38 Å². The second-order valence-electron chi connectivity index (χ2n) is 4.21. The molecule has 0 radical (unpaired) electrons. The number of hydrogen-bond acceptors (Lipinski definition) is 6. The van der Waals surface area contributed by atoms with Gasteiger partial charge in [0.25, 0.3) is 5.91 Å². The van der Waals surface area contributed by atoms with Gasteiger partial charge in [-0.15, -0.1) is 11.3 Å². The Balaban J connectivity index is 2.73. The number of thiazole rings is 1. The molecule has 0 atom stereocenters. The second kappa shape index (κ2) is 6.99. The molecule has 0 spiro atoms. The average molecular weight is 299 g/mol. The van der Waals surface area contributed by atoms with E-state index in [2.05, 4.69) is 4.98 Å². The summed E-state index contributed by atoms with van der Waals surface area (Å²) in [6, 6.07) is 0. The fourth-order valence-corrected chi connectivity index (χ4v) is 1.95. The highest BCUT2D eigenvalue weighted by molar-refractivity contribution is 7.11. The van der Waals surface area contributed by atoms with Crippen molar-refractivity contribution in [3.8, 4) is 0 Å². The highest BCUT2D eigenvalue weighted by atomic mass is 32.1. The quantitative estimate of drug-likeness (QED) is 0.739. The van der Waals surface area contributed by atoms with Crippen LogP contribution in [0.5, 0.6) is 0 Å². The Morgan fingerprint density at radius 3 is 2.50 bits per heavy atom. The Labute approximate surface area is 121 Å². The SMILES string of the molecule is CCOC(=O)c1nc(C(=O)N(C)CC(=O)N(C)C)cs1. The molecule has 2 amide bonds. The molecule has 0 saturated carbocycles. The molecule has 1 aromatic rings. The maximum Gasteiger partial charge on any atom is 0.367 e. The largest absolute Gasteiger partial charge is 0.461 e. The number of ether oxygens (including phenoxy) is 1. The van der Waals surface area contributed by atoms with E-state index in [1.54, 1.807) is 21.0 Å². The summed E-state index contributed by atoms with van der Waals surface area (Å²) in [5.74, 6) is -1.16. The van der Waals surface area contributed by atoms with Gasteiger partial charge in [0.1, 0.15) is 5.69 Å². The zero-order valence-corrected chi connectivity index (χ0v) is 12.7. The number of likely N-dealkylation sites (N-methyl/N-ethyl adjacent to an activating group) is 2. The first-order valence-corrected chi connectivity index (χ1v) is 6.83. The molecular weight excluding hydrogens is 282 g/mol. The van der Waals surface area contributed by atoms with E-state index in [9.17, 15) is 14.4 Å². The van der Waals surface area contributed by atoms with Crippen LogP contribution in [-0.2, 0) is 9.53 Å². The first-order chi connectivity index (χ1) is 9.36. The molecular formula is C12H17N3O4S. The molecule has 110 valence electrons. The fourth-order valence-electron chi connectivity index (χ4n) is 1.27. The number of carbonyl (C=O) groups is 3. The second-order valence-corrected chi connectivity index (χ2v) is 5.07. The van der Waals surface area contributed by atoms with Gasteiger partial charge < -0.3 is 14.5 Å². The minimum atomic E-state index is -0.552. The molecule has 0 aliphatic rings. The van der Waals surface area contributed by atoms with Crippen molar-refractivity contribution in [1.29, 1.82) is 0 Å². The zero-order valence-electron chi connectivity index (χ0n) is 11.9. The molecule has 8 heteroatoms. The lowest BCUT2D eigenvalue weighted by Crippen LogP contribution is -2.37. The first-order valence-electron chi connectivity index (χ1n) is 5.95. The van der Waals surface area contributed by atoms with Gasteiger partial charge in [-0.1, -0.05) is 0 Å². The van der Waals surface area contributed by atoms with Crippen molar-refractivity contribution < 1.29 is 19.1 Å². The van der Waals surface area contributed by atoms with E-state index in [1.807, 2.05) is 0 Å². The van der Waals surface area contributed by atoms with Gasteiger partial charge >= 0.3 is 5.97 Å². The zero-order chi connectivity index (χ0) is 15.3. The van der Waals surface area contributed by atoms with Crippen molar-refractivity contribution >= 4 is 29.1 Å². The minimum absolute atomic E-state index is 0.0436. The van der Waals surface area contributed by atoms with Crippen LogP contribution in [0, 0.1) is 0 Å². The number of rotatable bonds is 5. The number of nitrogens with zero attached hydrogens (tertiary/aromatic N) is 3. The maximum absolute atomic E-state index is 12.0. The van der Waals surface area contributed by atoms with Crippen molar-refractivity contribution in [2.45, 2.75) is 6.92 Å². The summed E-state index contributed by atoms with van der Waals surface area (Å²) in [7, 11) is 4.73. The van der Waals surface area contributed by atoms with Crippen LogP contribution >= 0.6 is 11.3 Å². The van der Waals surface area contributed by atoms with Gasteiger partial charge in [0, 0.05) is 26.5 Å². The molecule has 0 aromatic carbocycles. The van der Waals surface area contributed by atoms with E-state index in [0.29, 0.717) is 0 Å². The van der Waals surface area contributed by atoms with E-state index >= 15 is 0 Å². The number of carbonyl (C=O) groups excluding carboxylic acids is 3. The van der Waals surface area contributed by atoms with Crippen molar-refractivity contribution in [1.82, 2.24) is 14.8 Å². The number of aromatic nitrogens is 1. The van der Waals surface area contributed by atoms with E-state index in [0.717, 1.165) is 11.3 Å². The highest BCUT2D eigenvalue weighted by Gasteiger charge is 2.20. The van der Waals surface area contributed by atoms with Gasteiger partial charge in [0.2, 0.25) is 10.9 Å². The summed E-state index contributed by atoms with van der Waals surface area (Å²) in [6.45, 7) is 1.90. The maximum atomic E-state index is 12.0. The predicted molar refractivity (Wildman–Crippen MR) is 73.7 cm³/mol. The van der Waals surface area contributed by atoms with Crippen LogP contribution in [0.4, 0.5) is 0 Å². The molecule has 0 aliphatic carbocycles. The third-order valence-corrected chi connectivity index (χ3v) is 3.21. The Hall–Kier alpha value is -1.96. The molecule has 1 aromatic heterocycles. The summed E-state index contributed by atoms with van der Waals surface area (Å²) < 4.78 is 4.80. The van der Waals surface area contributed by atoms with Crippen LogP contribution < -0.4 is 0 Å². The van der Waals surface area contributed by atoms with Crippen LogP contribution in [0.25, 0.3) is 0 Å². The lowest BCUT2D eigenvalue weighted by Gasteiger charge is -2.18. The molecule has 7 nitrogen and oxygen atoms in total. The highest BCUT2D eigenvalue weighted by Crippen LogP contribution is 2.12. The third-order valence-electron chi connectivity index (χ3n) is 2.39. The van der Waals surface area contributed by atoms with Crippen LogP contribution in [0.2, 0.25) is 0 Å². The lowest BCUT2D eigenvalue weighted by molar-refractivity contribution is -0.129. The molecule has 1 rings (SSSR count). The van der Waals surface area contributed by atoms with Gasteiger partial charge in [-0.2, -0.15) is 0 Å². The minimum Gasteiger partial charge on any atom is -0.461 e. The summed E-state index contributed by atoms with van der Waals surface area (Å²) in [5.41, 5.74) is 0.132. The molecule has 0 fully saturated rings. The molecule has 0 aliphatic heterocycles. The Morgan fingerprint density at radius 2 is 1.95 bits per heavy atom. The Bertz CT molecular complexity index is 513. The van der Waals surface area contributed by atoms with E-state index < -0.39 is 11.9 Å². The van der Waals surface area contributed by atoms with Crippen LogP contribution in [-0.4, -0.2) is 66.9 Å². The van der Waals surface area contributed by atoms with Crippen LogP contribution in [0.3, 0.4) is 0 Å². The summed E-state index contributed by atoms with van der Waals surface area (Å²) >= 11 is 1.04. The third kappa shape index (κ3) is 4.02. The molecule has 20 heavy (non-hydrogen) atoms. The van der Waals surface area contributed by atoms with E-state index in [4.69, 9.17) is 4.74 Å². The molecule has 0 saturated heterocycles. The van der Waals surface area contributed by atoms with Gasteiger partial charge in [-0.05, 0) is 6.92 Å². The smallest absolute Gasteiger partial charge is 0.367 e. The van der Waals surface area contributed by atoms with Crippen molar-refractivity contribution in [3.63, 3.8) is 0 Å². The Morgan fingerprint density at radius 1 is 1.30 bits per heavy atom. The van der Waals surface area contributed by atoms with Gasteiger partial charge in [-0.25, -0.2) is 9.78 Å². The fraction of sp³-hybridized carbons (Fsp3) is 0.500. The first kappa shape index (κ1) is 16.1. The Kier molecular flexibility index (Phi) is 5.63. The van der Waals surface area contributed by atoms with Crippen molar-refractivity contribution in [2.75, 3.05) is 34.3 Å². The number of esters is 1. The van der Waals surface area contributed by atoms with Crippen LogP contribution in [0.1, 0.15) is 27.2 Å². The monoisotopic (exact) mass is 299 g/mol. The van der Waals surface area contributed by atoms with Crippen molar-refractivity contribution in [2.24, 2.45) is 0 Å². The molecule has 0 N–H and O–H groups in total. The van der Waals surface area contributed by atoms with Crippen molar-refractivity contribution in [3.05, 3.63) is 16.1 Å². The predicted octanol–water partition coefficient (Wildman–Crippen LogP) is 0.480. The van der Waals surface area contributed by atoms with E-state index in [-0.39, 0.29) is 29.8 Å². The molecule has 0 bridgehead atoms. The lowest BCUT2D eigenvalue weighted by atomic mass is 10.4. The number of amides is 2. The topological polar surface area (TPSA) is 79.8 Å². The van der Waals surface area contributed by atoms with Gasteiger partial charge in [0.15, 0.2) is 0 Å². The summed E-state index contributed by atoms with van der Waals surface area (Å²) in [4.78, 5) is 41.6.